The van der Waals surface area contributed by atoms with Gasteiger partial charge in [-0.05, 0) is 20.4 Å². The summed E-state index contributed by atoms with van der Waals surface area (Å²) >= 11 is 1.40. The van der Waals surface area contributed by atoms with Crippen molar-refractivity contribution in [3.05, 3.63) is 16.1 Å². The molecular weight excluding hydrogens is 266 g/mol. The standard InChI is InChI=1S/C12H19N3O3S/c1-12(2,11(17)18-3)7-14-10(16)8-6-19-9(15-8)4-5-13/h6H,4-5,7,13H2,1-3H3,(H,14,16). The van der Waals surface area contributed by atoms with E-state index in [1.165, 1.54) is 18.4 Å². The lowest BCUT2D eigenvalue weighted by molar-refractivity contribution is -0.150. The highest BCUT2D eigenvalue weighted by Gasteiger charge is 2.29. The SMILES string of the molecule is COC(=O)C(C)(C)CNC(=O)c1csc(CCN)n1. The largest absolute Gasteiger partial charge is 0.469 e. The van der Waals surface area contributed by atoms with Crippen molar-refractivity contribution in [2.45, 2.75) is 20.3 Å². The summed E-state index contributed by atoms with van der Waals surface area (Å²) in [4.78, 5) is 27.5. The Morgan fingerprint density at radius 3 is 2.79 bits per heavy atom. The number of thiazole rings is 1. The molecule has 0 saturated carbocycles. The molecule has 0 atom stereocenters. The third-order valence-corrected chi connectivity index (χ3v) is 3.48. The molecule has 0 radical (unpaired) electrons. The fraction of sp³-hybridized carbons (Fsp3) is 0.583. The Morgan fingerprint density at radius 1 is 1.53 bits per heavy atom. The molecule has 0 aliphatic rings. The summed E-state index contributed by atoms with van der Waals surface area (Å²) in [5.74, 6) is -0.661. The van der Waals surface area contributed by atoms with E-state index in [0.29, 0.717) is 18.7 Å². The molecule has 106 valence electrons. The van der Waals surface area contributed by atoms with Crippen LogP contribution in [0.4, 0.5) is 0 Å². The van der Waals surface area contributed by atoms with Gasteiger partial charge in [0.25, 0.3) is 5.91 Å². The normalized spacial score (nSPS) is 11.2. The van der Waals surface area contributed by atoms with Crippen LogP contribution in [-0.4, -0.2) is 37.1 Å². The van der Waals surface area contributed by atoms with Gasteiger partial charge in [-0.15, -0.1) is 11.3 Å². The molecular formula is C12H19N3O3S. The van der Waals surface area contributed by atoms with Crippen LogP contribution in [0.3, 0.4) is 0 Å². The van der Waals surface area contributed by atoms with E-state index >= 15 is 0 Å². The summed E-state index contributed by atoms with van der Waals surface area (Å²) in [6, 6.07) is 0. The molecule has 0 aromatic carbocycles. The smallest absolute Gasteiger partial charge is 0.313 e. The zero-order chi connectivity index (χ0) is 14.5. The van der Waals surface area contributed by atoms with Gasteiger partial charge in [0.1, 0.15) is 5.69 Å². The number of nitrogens with two attached hydrogens (primary N) is 1. The first-order valence-electron chi connectivity index (χ1n) is 5.92. The topological polar surface area (TPSA) is 94.3 Å². The average molecular weight is 285 g/mol. The van der Waals surface area contributed by atoms with E-state index < -0.39 is 5.41 Å². The van der Waals surface area contributed by atoms with E-state index in [9.17, 15) is 9.59 Å². The lowest BCUT2D eigenvalue weighted by Crippen LogP contribution is -2.39. The maximum Gasteiger partial charge on any atom is 0.313 e. The quantitative estimate of drug-likeness (QED) is 0.745. The lowest BCUT2D eigenvalue weighted by Gasteiger charge is -2.21. The fourth-order valence-corrected chi connectivity index (χ4v) is 2.19. The molecule has 0 unspecified atom stereocenters. The molecule has 0 saturated heterocycles. The van der Waals surface area contributed by atoms with Crippen molar-refractivity contribution in [3.63, 3.8) is 0 Å². The molecule has 0 fully saturated rings. The van der Waals surface area contributed by atoms with Gasteiger partial charge in [0.15, 0.2) is 0 Å². The molecule has 0 aliphatic carbocycles. The lowest BCUT2D eigenvalue weighted by atomic mass is 9.94. The molecule has 1 aromatic rings. The van der Waals surface area contributed by atoms with Crippen molar-refractivity contribution in [3.8, 4) is 0 Å². The van der Waals surface area contributed by atoms with E-state index in [2.05, 4.69) is 15.0 Å². The first-order chi connectivity index (χ1) is 8.90. The summed E-state index contributed by atoms with van der Waals surface area (Å²) < 4.78 is 4.67. The summed E-state index contributed by atoms with van der Waals surface area (Å²) in [6.07, 6.45) is 0.658. The Hall–Kier alpha value is -1.47. The van der Waals surface area contributed by atoms with E-state index in [0.717, 1.165) is 5.01 Å². The van der Waals surface area contributed by atoms with Gasteiger partial charge in [0.2, 0.25) is 0 Å². The predicted molar refractivity (Wildman–Crippen MR) is 73.0 cm³/mol. The van der Waals surface area contributed by atoms with Gasteiger partial charge < -0.3 is 15.8 Å². The molecule has 0 bridgehead atoms. The monoisotopic (exact) mass is 285 g/mol. The van der Waals surface area contributed by atoms with Crippen LogP contribution < -0.4 is 11.1 Å². The number of nitrogens with zero attached hydrogens (tertiary/aromatic N) is 1. The Morgan fingerprint density at radius 2 is 2.21 bits per heavy atom. The van der Waals surface area contributed by atoms with Gasteiger partial charge in [-0.2, -0.15) is 0 Å². The van der Waals surface area contributed by atoms with Crippen molar-refractivity contribution >= 4 is 23.2 Å². The van der Waals surface area contributed by atoms with Crippen LogP contribution in [0.2, 0.25) is 0 Å². The van der Waals surface area contributed by atoms with Crippen LogP contribution in [0.25, 0.3) is 0 Å². The fourth-order valence-electron chi connectivity index (χ4n) is 1.39. The maximum atomic E-state index is 11.9. The molecule has 3 N–H and O–H groups in total. The number of hydrogen-bond acceptors (Lipinski definition) is 6. The van der Waals surface area contributed by atoms with Crippen LogP contribution in [0, 0.1) is 5.41 Å². The molecule has 1 aromatic heterocycles. The minimum absolute atomic E-state index is 0.197. The number of methoxy groups -OCH3 is 1. The number of carbonyl (C=O) groups excluding carboxylic acids is 2. The number of carbonyl (C=O) groups is 2. The summed E-state index contributed by atoms with van der Waals surface area (Å²) in [5, 5.41) is 5.20. The third kappa shape index (κ3) is 4.29. The Bertz CT molecular complexity index is 457. The minimum atomic E-state index is -0.763. The van der Waals surface area contributed by atoms with Crippen LogP contribution in [0.5, 0.6) is 0 Å². The number of aromatic nitrogens is 1. The Kier molecular flexibility index (Phi) is 5.44. The first-order valence-corrected chi connectivity index (χ1v) is 6.79. The van der Waals surface area contributed by atoms with Crippen molar-refractivity contribution in [2.24, 2.45) is 11.1 Å². The van der Waals surface area contributed by atoms with Gasteiger partial charge >= 0.3 is 5.97 Å². The molecule has 6 nitrogen and oxygen atoms in total. The van der Waals surface area contributed by atoms with Crippen LogP contribution in [-0.2, 0) is 16.0 Å². The summed E-state index contributed by atoms with van der Waals surface area (Å²) in [6.45, 7) is 4.12. The molecule has 0 aliphatic heterocycles. The highest BCUT2D eigenvalue weighted by atomic mass is 32.1. The zero-order valence-electron chi connectivity index (χ0n) is 11.4. The van der Waals surface area contributed by atoms with Crippen molar-refractivity contribution in [2.75, 3.05) is 20.2 Å². The second kappa shape index (κ2) is 6.63. The number of nitrogens with one attached hydrogen (secondary N) is 1. The zero-order valence-corrected chi connectivity index (χ0v) is 12.2. The predicted octanol–water partition coefficient (Wildman–Crippen LogP) is 0.573. The number of rotatable bonds is 6. The average Bonchev–Trinajstić information content (AvgIpc) is 2.84. The minimum Gasteiger partial charge on any atom is -0.469 e. The van der Waals surface area contributed by atoms with E-state index in [4.69, 9.17) is 5.73 Å². The summed E-state index contributed by atoms with van der Waals surface area (Å²) in [5.41, 5.74) is 5.02. The molecule has 7 heteroatoms. The van der Waals surface area contributed by atoms with Crippen LogP contribution in [0.15, 0.2) is 5.38 Å². The van der Waals surface area contributed by atoms with Crippen molar-refractivity contribution in [1.29, 1.82) is 0 Å². The second-order valence-corrected chi connectivity index (χ2v) is 5.67. The first kappa shape index (κ1) is 15.6. The van der Waals surface area contributed by atoms with E-state index in [-0.39, 0.29) is 18.4 Å². The Balaban J connectivity index is 2.57. The van der Waals surface area contributed by atoms with Crippen molar-refractivity contribution in [1.82, 2.24) is 10.3 Å². The highest BCUT2D eigenvalue weighted by molar-refractivity contribution is 7.09. The van der Waals surface area contributed by atoms with Gasteiger partial charge in [-0.25, -0.2) is 4.98 Å². The van der Waals surface area contributed by atoms with Gasteiger partial charge in [0, 0.05) is 18.3 Å². The number of amides is 1. The third-order valence-electron chi connectivity index (χ3n) is 2.57. The second-order valence-electron chi connectivity index (χ2n) is 4.72. The number of ether oxygens (including phenoxy) is 1. The highest BCUT2D eigenvalue weighted by Crippen LogP contribution is 2.16. The molecule has 19 heavy (non-hydrogen) atoms. The van der Waals surface area contributed by atoms with Crippen LogP contribution in [0.1, 0.15) is 29.3 Å². The maximum absolute atomic E-state index is 11.9. The van der Waals surface area contributed by atoms with Gasteiger partial charge in [-0.1, -0.05) is 0 Å². The molecule has 1 heterocycles. The van der Waals surface area contributed by atoms with Crippen molar-refractivity contribution < 1.29 is 14.3 Å². The molecule has 0 spiro atoms. The van der Waals surface area contributed by atoms with E-state index in [1.807, 2.05) is 0 Å². The van der Waals surface area contributed by atoms with Gasteiger partial charge in [-0.3, -0.25) is 9.59 Å². The molecule has 1 rings (SSSR count). The van der Waals surface area contributed by atoms with Crippen LogP contribution >= 0.6 is 11.3 Å². The molecule has 1 amide bonds. The van der Waals surface area contributed by atoms with E-state index in [1.54, 1.807) is 19.2 Å². The van der Waals surface area contributed by atoms with Gasteiger partial charge in [0.05, 0.1) is 17.5 Å². The summed E-state index contributed by atoms with van der Waals surface area (Å²) in [7, 11) is 1.32. The number of hydrogen-bond donors (Lipinski definition) is 2. The number of esters is 1. The Labute approximate surface area is 116 Å².